The van der Waals surface area contributed by atoms with E-state index in [0.717, 1.165) is 22.7 Å². The first kappa shape index (κ1) is 19.8. The second kappa shape index (κ2) is 8.83. The van der Waals surface area contributed by atoms with E-state index in [2.05, 4.69) is 26.0 Å². The van der Waals surface area contributed by atoms with Gasteiger partial charge in [-0.25, -0.2) is 4.39 Å². The Kier molecular flexibility index (Phi) is 6.25. The summed E-state index contributed by atoms with van der Waals surface area (Å²) in [5.74, 6) is -1.04. The fourth-order valence-electron chi connectivity index (χ4n) is 2.24. The molecule has 1 amide bonds. The van der Waals surface area contributed by atoms with E-state index in [-0.39, 0.29) is 18.1 Å². The number of furan rings is 1. The zero-order valence-electron chi connectivity index (χ0n) is 14.1. The first-order valence-corrected chi connectivity index (χ1v) is 8.73. The smallest absolute Gasteiger partial charge is 0.387 e. The minimum absolute atomic E-state index is 0.0678. The molecule has 0 saturated carbocycles. The largest absolute Gasteiger partial charge is 0.486 e. The third kappa shape index (κ3) is 5.29. The maximum absolute atomic E-state index is 13.2. The Morgan fingerprint density at radius 2 is 1.86 bits per heavy atom. The number of alkyl halides is 2. The van der Waals surface area contributed by atoms with E-state index in [0.29, 0.717) is 11.5 Å². The Balaban J connectivity index is 1.65. The highest BCUT2D eigenvalue weighted by Crippen LogP contribution is 2.28. The number of ether oxygens (including phenoxy) is 2. The molecule has 0 radical (unpaired) electrons. The zero-order valence-corrected chi connectivity index (χ0v) is 15.7. The van der Waals surface area contributed by atoms with Gasteiger partial charge in [0.2, 0.25) is 0 Å². The molecule has 146 valence electrons. The summed E-state index contributed by atoms with van der Waals surface area (Å²) in [6.45, 7) is -3.07. The summed E-state index contributed by atoms with van der Waals surface area (Å²) in [5, 5.41) is 2.35. The number of hydrogen-bond donors (Lipinski definition) is 1. The van der Waals surface area contributed by atoms with Gasteiger partial charge in [-0.1, -0.05) is 15.9 Å². The molecule has 0 spiro atoms. The van der Waals surface area contributed by atoms with Crippen LogP contribution < -0.4 is 14.8 Å². The van der Waals surface area contributed by atoms with Crippen LogP contribution in [0.1, 0.15) is 16.3 Å². The number of carbonyl (C=O) groups excluding carboxylic acids is 1. The highest BCUT2D eigenvalue weighted by Gasteiger charge is 2.17. The molecule has 0 atom stereocenters. The Bertz CT molecular complexity index is 960. The summed E-state index contributed by atoms with van der Waals surface area (Å²) in [6, 6.07) is 13.0. The van der Waals surface area contributed by atoms with Crippen molar-refractivity contribution in [2.75, 3.05) is 5.32 Å². The van der Waals surface area contributed by atoms with Gasteiger partial charge < -0.3 is 19.2 Å². The van der Waals surface area contributed by atoms with Gasteiger partial charge in [0.1, 0.15) is 23.9 Å². The molecule has 2 aromatic carbocycles. The number of amides is 1. The van der Waals surface area contributed by atoms with E-state index in [1.54, 1.807) is 18.2 Å². The molecule has 5 nitrogen and oxygen atoms in total. The number of hydrogen-bond acceptors (Lipinski definition) is 4. The first-order chi connectivity index (χ1) is 13.4. The maximum atomic E-state index is 13.2. The SMILES string of the molecule is O=C(Nc1ccc(F)cc1OC(F)F)c1ccc(COc2ccc(Br)cc2)o1. The van der Waals surface area contributed by atoms with Crippen LogP contribution in [0, 0.1) is 5.82 Å². The lowest BCUT2D eigenvalue weighted by Crippen LogP contribution is -2.13. The summed E-state index contributed by atoms with van der Waals surface area (Å²) in [5.41, 5.74) is -0.115. The van der Waals surface area contributed by atoms with Crippen LogP contribution >= 0.6 is 15.9 Å². The van der Waals surface area contributed by atoms with Crippen LogP contribution in [-0.4, -0.2) is 12.5 Å². The summed E-state index contributed by atoms with van der Waals surface area (Å²) >= 11 is 3.32. The summed E-state index contributed by atoms with van der Waals surface area (Å²) in [7, 11) is 0. The summed E-state index contributed by atoms with van der Waals surface area (Å²) in [4.78, 5) is 12.3. The Hall–Kier alpha value is -2.94. The molecule has 1 N–H and O–H groups in total. The third-order valence-electron chi connectivity index (χ3n) is 3.49. The molecule has 3 aromatic rings. The Morgan fingerprint density at radius 3 is 2.57 bits per heavy atom. The number of halogens is 4. The lowest BCUT2D eigenvalue weighted by Gasteiger charge is -2.11. The number of anilines is 1. The predicted octanol–water partition coefficient (Wildman–Crippen LogP) is 5.61. The zero-order chi connectivity index (χ0) is 20.1. The highest BCUT2D eigenvalue weighted by molar-refractivity contribution is 9.10. The Morgan fingerprint density at radius 1 is 1.11 bits per heavy atom. The van der Waals surface area contributed by atoms with Gasteiger partial charge in [-0.3, -0.25) is 4.79 Å². The predicted molar refractivity (Wildman–Crippen MR) is 98.2 cm³/mol. The average Bonchev–Trinajstić information content (AvgIpc) is 3.12. The summed E-state index contributed by atoms with van der Waals surface area (Å²) in [6.07, 6.45) is 0. The fourth-order valence-corrected chi connectivity index (χ4v) is 2.50. The van der Waals surface area contributed by atoms with Crippen molar-refractivity contribution in [2.45, 2.75) is 13.2 Å². The monoisotopic (exact) mass is 455 g/mol. The number of carbonyl (C=O) groups is 1. The molecule has 0 saturated heterocycles. The molecule has 0 aliphatic carbocycles. The van der Waals surface area contributed by atoms with Crippen molar-refractivity contribution in [1.29, 1.82) is 0 Å². The van der Waals surface area contributed by atoms with Crippen molar-refractivity contribution in [3.8, 4) is 11.5 Å². The first-order valence-electron chi connectivity index (χ1n) is 7.93. The molecule has 1 aromatic heterocycles. The van der Waals surface area contributed by atoms with Crippen LogP contribution in [0.4, 0.5) is 18.9 Å². The van der Waals surface area contributed by atoms with Gasteiger partial charge in [0, 0.05) is 10.5 Å². The van der Waals surface area contributed by atoms with Crippen LogP contribution in [0.5, 0.6) is 11.5 Å². The average molecular weight is 456 g/mol. The van der Waals surface area contributed by atoms with Gasteiger partial charge in [-0.15, -0.1) is 0 Å². The summed E-state index contributed by atoms with van der Waals surface area (Å²) < 4.78 is 54.2. The molecule has 0 bridgehead atoms. The molecule has 1 heterocycles. The highest BCUT2D eigenvalue weighted by atomic mass is 79.9. The molecule has 0 fully saturated rings. The minimum Gasteiger partial charge on any atom is -0.486 e. The number of rotatable bonds is 7. The third-order valence-corrected chi connectivity index (χ3v) is 4.02. The van der Waals surface area contributed by atoms with Gasteiger partial charge >= 0.3 is 6.61 Å². The van der Waals surface area contributed by atoms with Crippen molar-refractivity contribution in [1.82, 2.24) is 0 Å². The van der Waals surface area contributed by atoms with E-state index in [9.17, 15) is 18.0 Å². The van der Waals surface area contributed by atoms with E-state index in [4.69, 9.17) is 9.15 Å². The normalized spacial score (nSPS) is 10.8. The Labute approximate surface area is 166 Å². The van der Waals surface area contributed by atoms with Crippen LogP contribution in [-0.2, 0) is 6.61 Å². The van der Waals surface area contributed by atoms with Crippen molar-refractivity contribution in [3.05, 3.63) is 76.4 Å². The molecule has 9 heteroatoms. The van der Waals surface area contributed by atoms with E-state index >= 15 is 0 Å². The van der Waals surface area contributed by atoms with E-state index in [1.165, 1.54) is 6.07 Å². The maximum Gasteiger partial charge on any atom is 0.387 e. The van der Waals surface area contributed by atoms with Gasteiger partial charge in [-0.05, 0) is 48.5 Å². The van der Waals surface area contributed by atoms with Gasteiger partial charge in [0.25, 0.3) is 5.91 Å². The minimum atomic E-state index is -3.16. The van der Waals surface area contributed by atoms with Crippen molar-refractivity contribution >= 4 is 27.5 Å². The molecule has 0 unspecified atom stereocenters. The second-order valence-corrected chi connectivity index (χ2v) is 6.40. The fraction of sp³-hybridized carbons (Fsp3) is 0.105. The van der Waals surface area contributed by atoms with Gasteiger partial charge in [0.15, 0.2) is 11.5 Å². The second-order valence-electron chi connectivity index (χ2n) is 5.48. The van der Waals surface area contributed by atoms with Crippen molar-refractivity contribution < 1.29 is 31.9 Å². The lowest BCUT2D eigenvalue weighted by molar-refractivity contribution is -0.0495. The molecular formula is C19H13BrF3NO4. The van der Waals surface area contributed by atoms with Gasteiger partial charge in [0.05, 0.1) is 5.69 Å². The topological polar surface area (TPSA) is 60.7 Å². The lowest BCUT2D eigenvalue weighted by atomic mass is 10.2. The van der Waals surface area contributed by atoms with Crippen LogP contribution in [0.3, 0.4) is 0 Å². The van der Waals surface area contributed by atoms with E-state index < -0.39 is 24.1 Å². The number of nitrogens with one attached hydrogen (secondary N) is 1. The van der Waals surface area contributed by atoms with Gasteiger partial charge in [-0.2, -0.15) is 8.78 Å². The van der Waals surface area contributed by atoms with Crippen LogP contribution in [0.25, 0.3) is 0 Å². The van der Waals surface area contributed by atoms with E-state index in [1.807, 2.05) is 12.1 Å². The molecule has 3 rings (SSSR count). The molecule has 0 aliphatic heterocycles. The molecule has 0 aliphatic rings. The van der Waals surface area contributed by atoms with Crippen molar-refractivity contribution in [2.24, 2.45) is 0 Å². The standard InChI is InChI=1S/C19H13BrF3NO4/c20-11-1-4-13(5-2-11)26-10-14-6-8-16(27-14)18(25)24-15-7-3-12(21)9-17(15)28-19(22)23/h1-9,19H,10H2,(H,24,25). The van der Waals surface area contributed by atoms with Crippen molar-refractivity contribution in [3.63, 3.8) is 0 Å². The quantitative estimate of drug-likeness (QED) is 0.502. The van der Waals surface area contributed by atoms with Crippen LogP contribution in [0.2, 0.25) is 0 Å². The number of benzene rings is 2. The molecule has 28 heavy (non-hydrogen) atoms. The molecular weight excluding hydrogens is 443 g/mol. The van der Waals surface area contributed by atoms with Crippen LogP contribution in [0.15, 0.2) is 63.5 Å².